The molecule has 0 radical (unpaired) electrons. The minimum atomic E-state index is -4.40. The molecule has 160 valence electrons. The summed E-state index contributed by atoms with van der Waals surface area (Å²) >= 11 is 0. The minimum absolute atomic E-state index is 0. The molecule has 0 bridgehead atoms. The van der Waals surface area contributed by atoms with Crippen molar-refractivity contribution < 1.29 is 57.0 Å². The van der Waals surface area contributed by atoms with Crippen LogP contribution in [-0.4, -0.2) is 11.0 Å². The Bertz CT molecular complexity index is 1400. The summed E-state index contributed by atoms with van der Waals surface area (Å²) in [6.45, 7) is 0. The number of rotatable bonds is 2. The van der Waals surface area contributed by atoms with Crippen LogP contribution in [0.4, 0.5) is 17.6 Å². The number of carbonyl (C=O) groups excluding carboxylic acids is 1. The summed E-state index contributed by atoms with van der Waals surface area (Å²) in [6, 6.07) is 14.2. The average Bonchev–Trinajstić information content (AvgIpc) is 2.76. The fourth-order valence-electron chi connectivity index (χ4n) is 4.30. The zero-order chi connectivity index (χ0) is 22.6. The summed E-state index contributed by atoms with van der Waals surface area (Å²) in [5.41, 5.74) is 3.64. The van der Waals surface area contributed by atoms with E-state index < -0.39 is 23.5 Å². The number of carboxylic acids is 1. The molecule has 0 saturated heterocycles. The van der Waals surface area contributed by atoms with Crippen LogP contribution in [-0.2, 0) is 19.0 Å². The first kappa shape index (κ1) is 23.4. The van der Waals surface area contributed by atoms with E-state index in [1.807, 2.05) is 6.07 Å². The number of pyridine rings is 1. The second-order valence-corrected chi connectivity index (χ2v) is 7.71. The number of nitrogens with zero attached hydrogens (tertiary/aromatic N) is 1. The molecule has 5 rings (SSSR count). The standard InChI is InChI=1S/C25H15F4NO2.Na/c26-17-7-10-21-20(12-17)22(24(31)32)19-9-4-15-11-14(3-8-18(15)23(19)30-21)13-1-5-16(6-2-13)25(27,28)29;/h1-3,5-8,10-12H,4,9H2,(H,31,32);/q;+1/p-1. The molecule has 1 aliphatic carbocycles. The third-order valence-electron chi connectivity index (χ3n) is 5.80. The van der Waals surface area contributed by atoms with E-state index in [0.717, 1.165) is 34.9 Å². The average molecular weight is 459 g/mol. The van der Waals surface area contributed by atoms with Crippen LogP contribution in [0.3, 0.4) is 0 Å². The second kappa shape index (κ2) is 8.56. The fourth-order valence-corrected chi connectivity index (χ4v) is 4.30. The van der Waals surface area contributed by atoms with Crippen LogP contribution in [0.1, 0.15) is 27.0 Å². The molecular weight excluding hydrogens is 445 g/mol. The summed E-state index contributed by atoms with van der Waals surface area (Å²) < 4.78 is 52.3. The molecule has 1 aromatic heterocycles. The van der Waals surface area contributed by atoms with E-state index in [4.69, 9.17) is 0 Å². The zero-order valence-corrected chi connectivity index (χ0v) is 19.5. The van der Waals surface area contributed by atoms with Crippen molar-refractivity contribution in [2.75, 3.05) is 0 Å². The predicted octanol–water partition coefficient (Wildman–Crippen LogP) is 2.19. The van der Waals surface area contributed by atoms with E-state index in [1.165, 1.54) is 24.3 Å². The maximum Gasteiger partial charge on any atom is 1.00 e. The third kappa shape index (κ3) is 4.16. The molecule has 0 aliphatic heterocycles. The van der Waals surface area contributed by atoms with Gasteiger partial charge in [-0.25, -0.2) is 9.37 Å². The van der Waals surface area contributed by atoms with Crippen LogP contribution in [0.25, 0.3) is 33.3 Å². The third-order valence-corrected chi connectivity index (χ3v) is 5.80. The van der Waals surface area contributed by atoms with Gasteiger partial charge in [-0.2, -0.15) is 13.2 Å². The van der Waals surface area contributed by atoms with Gasteiger partial charge in [0, 0.05) is 16.5 Å². The van der Waals surface area contributed by atoms with Crippen molar-refractivity contribution in [1.82, 2.24) is 4.98 Å². The van der Waals surface area contributed by atoms with Gasteiger partial charge in [-0.3, -0.25) is 0 Å². The summed E-state index contributed by atoms with van der Waals surface area (Å²) in [7, 11) is 0. The van der Waals surface area contributed by atoms with Gasteiger partial charge < -0.3 is 9.90 Å². The molecule has 0 N–H and O–H groups in total. The number of benzene rings is 3. The van der Waals surface area contributed by atoms with Crippen LogP contribution >= 0.6 is 0 Å². The fraction of sp³-hybridized carbons (Fsp3) is 0.120. The Kier molecular flexibility index (Phi) is 6.07. The molecule has 3 aromatic carbocycles. The van der Waals surface area contributed by atoms with Gasteiger partial charge in [-0.15, -0.1) is 0 Å². The molecule has 0 saturated carbocycles. The number of aromatic nitrogens is 1. The topological polar surface area (TPSA) is 53.0 Å². The molecule has 0 fully saturated rings. The Balaban J connectivity index is 0.00000259. The summed E-state index contributed by atoms with van der Waals surface area (Å²) in [5, 5.41) is 12.1. The molecule has 0 unspecified atom stereocenters. The van der Waals surface area contributed by atoms with Crippen molar-refractivity contribution >= 4 is 16.9 Å². The first-order valence-corrected chi connectivity index (χ1v) is 9.87. The number of carbonyl (C=O) groups is 1. The number of aromatic carboxylic acids is 1. The van der Waals surface area contributed by atoms with Crippen molar-refractivity contribution in [3.8, 4) is 22.4 Å². The molecule has 33 heavy (non-hydrogen) atoms. The predicted molar refractivity (Wildman–Crippen MR) is 109 cm³/mol. The van der Waals surface area contributed by atoms with Crippen molar-refractivity contribution in [3.63, 3.8) is 0 Å². The van der Waals surface area contributed by atoms with E-state index >= 15 is 0 Å². The Hall–Kier alpha value is -2.74. The molecule has 8 heteroatoms. The molecule has 1 aliphatic rings. The monoisotopic (exact) mass is 459 g/mol. The van der Waals surface area contributed by atoms with Crippen molar-refractivity contribution in [2.45, 2.75) is 19.0 Å². The van der Waals surface area contributed by atoms with Crippen LogP contribution in [0.15, 0.2) is 60.7 Å². The smallest absolute Gasteiger partial charge is 0.545 e. The number of hydrogen-bond donors (Lipinski definition) is 0. The van der Waals surface area contributed by atoms with Gasteiger partial charge in [0.2, 0.25) is 0 Å². The van der Waals surface area contributed by atoms with Gasteiger partial charge in [-0.05, 0) is 65.4 Å². The molecule has 3 nitrogen and oxygen atoms in total. The van der Waals surface area contributed by atoms with Gasteiger partial charge in [0.25, 0.3) is 0 Å². The normalized spacial score (nSPS) is 12.6. The van der Waals surface area contributed by atoms with E-state index in [-0.39, 0.29) is 40.5 Å². The van der Waals surface area contributed by atoms with Gasteiger partial charge >= 0.3 is 35.7 Å². The molecule has 1 heterocycles. The van der Waals surface area contributed by atoms with Gasteiger partial charge in [0.1, 0.15) is 5.82 Å². The largest absolute Gasteiger partial charge is 1.00 e. The van der Waals surface area contributed by atoms with Gasteiger partial charge in [0.05, 0.1) is 22.7 Å². The Morgan fingerprint density at radius 3 is 2.27 bits per heavy atom. The first-order chi connectivity index (χ1) is 15.2. The van der Waals surface area contributed by atoms with Crippen LogP contribution in [0, 0.1) is 5.82 Å². The van der Waals surface area contributed by atoms with Crippen LogP contribution in [0.5, 0.6) is 0 Å². The summed E-state index contributed by atoms with van der Waals surface area (Å²) in [5.74, 6) is -1.94. The van der Waals surface area contributed by atoms with Crippen LogP contribution < -0.4 is 34.7 Å². The molecule has 0 atom stereocenters. The number of aryl methyl sites for hydroxylation is 1. The van der Waals surface area contributed by atoms with Crippen molar-refractivity contribution in [1.29, 1.82) is 0 Å². The van der Waals surface area contributed by atoms with Gasteiger partial charge in [-0.1, -0.05) is 30.3 Å². The van der Waals surface area contributed by atoms with Crippen molar-refractivity contribution in [3.05, 3.63) is 88.7 Å². The molecule has 0 spiro atoms. The molecular formula is C25H14F4NNaO2. The summed E-state index contributed by atoms with van der Waals surface area (Å²) in [6.07, 6.45) is -3.51. The van der Waals surface area contributed by atoms with Gasteiger partial charge in [0.15, 0.2) is 0 Å². The Morgan fingerprint density at radius 1 is 0.909 bits per heavy atom. The molecule has 4 aromatic rings. The van der Waals surface area contributed by atoms with Crippen LogP contribution in [0.2, 0.25) is 0 Å². The van der Waals surface area contributed by atoms with E-state index in [1.54, 1.807) is 12.1 Å². The number of carboxylic acid groups (broad SMARTS) is 1. The zero-order valence-electron chi connectivity index (χ0n) is 17.5. The first-order valence-electron chi connectivity index (χ1n) is 9.87. The minimum Gasteiger partial charge on any atom is -0.545 e. The summed E-state index contributed by atoms with van der Waals surface area (Å²) in [4.78, 5) is 16.5. The Labute approximate surface area is 208 Å². The van der Waals surface area contributed by atoms with E-state index in [0.29, 0.717) is 35.2 Å². The number of halogens is 4. The number of alkyl halides is 3. The maximum atomic E-state index is 13.7. The SMILES string of the molecule is O=C([O-])c1c2c(nc3ccc(F)cc13)-c1ccc(-c3ccc(C(F)(F)F)cc3)cc1CC2.[Na+]. The second-order valence-electron chi connectivity index (χ2n) is 7.71. The Morgan fingerprint density at radius 2 is 1.61 bits per heavy atom. The maximum absolute atomic E-state index is 13.7. The quantitative estimate of drug-likeness (QED) is 0.341. The molecule has 0 amide bonds. The van der Waals surface area contributed by atoms with E-state index in [2.05, 4.69) is 4.98 Å². The van der Waals surface area contributed by atoms with E-state index in [9.17, 15) is 27.5 Å². The number of fused-ring (bicyclic) bond motifs is 4. The van der Waals surface area contributed by atoms with Crippen molar-refractivity contribution in [2.24, 2.45) is 0 Å². The number of hydrogen-bond acceptors (Lipinski definition) is 3.